The van der Waals surface area contributed by atoms with Crippen molar-refractivity contribution in [2.45, 2.75) is 85.6 Å². The third-order valence-corrected chi connectivity index (χ3v) is 4.77. The summed E-state index contributed by atoms with van der Waals surface area (Å²) in [5.74, 6) is -0.223. The molecule has 0 radical (unpaired) electrons. The maximum absolute atomic E-state index is 12.5. The molecule has 0 bridgehead atoms. The number of ether oxygens (including phenoxy) is 1. The molecule has 0 fully saturated rings. The second-order valence-corrected chi connectivity index (χ2v) is 10.2. The number of amides is 1. The van der Waals surface area contributed by atoms with Crippen LogP contribution in [0.2, 0.25) is 0 Å². The second-order valence-electron chi connectivity index (χ2n) is 10.2. The zero-order valence-corrected chi connectivity index (χ0v) is 20.1. The van der Waals surface area contributed by atoms with Crippen molar-refractivity contribution in [3.8, 4) is 5.75 Å². The number of aromatic hydroxyl groups is 1. The molecule has 2 N–H and O–H groups in total. The Hall–Kier alpha value is -2.30. The maximum atomic E-state index is 12.5. The van der Waals surface area contributed by atoms with Crippen LogP contribution in [0, 0.1) is 5.92 Å². The van der Waals surface area contributed by atoms with Crippen LogP contribution in [0.1, 0.15) is 85.4 Å². The predicted octanol–water partition coefficient (Wildman–Crippen LogP) is 5.09. The minimum absolute atomic E-state index is 0.240. The Bertz CT molecular complexity index is 744. The number of benzene rings is 1. The number of phenols is 1. The molecule has 0 heterocycles. The Balaban J connectivity index is 3.18. The Labute approximate surface area is 181 Å². The summed E-state index contributed by atoms with van der Waals surface area (Å²) in [6.45, 7) is 18.3. The average molecular weight is 418 g/mol. The quantitative estimate of drug-likeness (QED) is 0.478. The molecule has 0 unspecified atom stereocenters. The summed E-state index contributed by atoms with van der Waals surface area (Å²) in [6, 6.07) is 3.15. The smallest absolute Gasteiger partial charge is 0.328 e. The van der Waals surface area contributed by atoms with Gasteiger partial charge in [-0.2, -0.15) is 0 Å². The van der Waals surface area contributed by atoms with E-state index >= 15 is 0 Å². The molecule has 0 aliphatic carbocycles. The highest BCUT2D eigenvalue weighted by Crippen LogP contribution is 2.40. The summed E-state index contributed by atoms with van der Waals surface area (Å²) >= 11 is 0. The Kier molecular flexibility index (Phi) is 8.70. The highest BCUT2D eigenvalue weighted by molar-refractivity contribution is 5.94. The van der Waals surface area contributed by atoms with Crippen LogP contribution in [-0.2, 0) is 25.2 Å². The first-order chi connectivity index (χ1) is 13.7. The molecule has 0 saturated heterocycles. The van der Waals surface area contributed by atoms with Gasteiger partial charge in [0.05, 0.1) is 6.61 Å². The normalized spacial score (nSPS) is 13.5. The lowest BCUT2D eigenvalue weighted by molar-refractivity contribution is -0.147. The highest BCUT2D eigenvalue weighted by atomic mass is 16.5. The van der Waals surface area contributed by atoms with E-state index in [0.29, 0.717) is 12.2 Å². The van der Waals surface area contributed by atoms with Crippen molar-refractivity contribution in [2.24, 2.45) is 5.92 Å². The fraction of sp³-hybridized carbons (Fsp3) is 0.600. The number of esters is 1. The van der Waals surface area contributed by atoms with E-state index in [4.69, 9.17) is 4.74 Å². The van der Waals surface area contributed by atoms with Crippen molar-refractivity contribution < 1.29 is 19.4 Å². The number of carbonyl (C=O) groups excluding carboxylic acids is 2. The van der Waals surface area contributed by atoms with Crippen LogP contribution < -0.4 is 5.32 Å². The summed E-state index contributed by atoms with van der Waals surface area (Å²) in [5.41, 5.74) is 2.00. The van der Waals surface area contributed by atoms with Gasteiger partial charge in [-0.25, -0.2) is 4.79 Å². The Morgan fingerprint density at radius 1 is 1.07 bits per heavy atom. The number of hydrogen-bond acceptors (Lipinski definition) is 4. The molecule has 5 heteroatoms. The van der Waals surface area contributed by atoms with Crippen molar-refractivity contribution in [1.82, 2.24) is 5.32 Å². The van der Waals surface area contributed by atoms with Gasteiger partial charge in [-0.3, -0.25) is 4.79 Å². The topological polar surface area (TPSA) is 75.6 Å². The van der Waals surface area contributed by atoms with Crippen molar-refractivity contribution in [2.75, 3.05) is 6.61 Å². The lowest BCUT2D eigenvalue weighted by Gasteiger charge is -2.27. The summed E-state index contributed by atoms with van der Waals surface area (Å²) in [7, 11) is 0. The van der Waals surface area contributed by atoms with Gasteiger partial charge in [-0.1, -0.05) is 55.4 Å². The minimum Gasteiger partial charge on any atom is -0.507 e. The van der Waals surface area contributed by atoms with Crippen molar-refractivity contribution >= 4 is 18.0 Å². The maximum Gasteiger partial charge on any atom is 0.328 e. The van der Waals surface area contributed by atoms with Gasteiger partial charge in [0, 0.05) is 17.2 Å². The molecule has 0 aromatic heterocycles. The molecule has 1 aromatic carbocycles. The lowest BCUT2D eigenvalue weighted by atomic mass is 9.78. The predicted molar refractivity (Wildman–Crippen MR) is 123 cm³/mol. The monoisotopic (exact) mass is 417 g/mol. The largest absolute Gasteiger partial charge is 0.507 e. The zero-order chi connectivity index (χ0) is 23.3. The van der Waals surface area contributed by atoms with Crippen molar-refractivity contribution in [3.05, 3.63) is 34.9 Å². The standard InChI is InChI=1S/C25H39NO4/c1-10-30-23(29)20(13-16(2)3)26-21(27)12-11-17-14-18(24(4,5)6)22(28)19(15-17)25(7,8)9/h11-12,14-16,20,28H,10,13H2,1-9H3,(H,26,27)/b12-11+/t20-/m0/s1. The molecule has 5 nitrogen and oxygen atoms in total. The summed E-state index contributed by atoms with van der Waals surface area (Å²) in [6.07, 6.45) is 3.66. The van der Waals surface area contributed by atoms with Crippen LogP contribution in [0.15, 0.2) is 18.2 Å². The molecule has 1 aromatic rings. The van der Waals surface area contributed by atoms with Gasteiger partial charge in [0.2, 0.25) is 5.91 Å². The van der Waals surface area contributed by atoms with Gasteiger partial charge in [0.1, 0.15) is 11.8 Å². The molecule has 1 amide bonds. The number of nitrogens with one attached hydrogen (secondary N) is 1. The summed E-state index contributed by atoms with van der Waals surface area (Å²) in [5, 5.41) is 13.6. The van der Waals surface area contributed by atoms with Gasteiger partial charge < -0.3 is 15.2 Å². The van der Waals surface area contributed by atoms with E-state index in [9.17, 15) is 14.7 Å². The molecule has 30 heavy (non-hydrogen) atoms. The summed E-state index contributed by atoms with van der Waals surface area (Å²) in [4.78, 5) is 24.6. The Morgan fingerprint density at radius 3 is 1.97 bits per heavy atom. The molecule has 1 atom stereocenters. The molecule has 0 saturated carbocycles. The van der Waals surface area contributed by atoms with Gasteiger partial charge in [0.15, 0.2) is 0 Å². The molecular weight excluding hydrogens is 378 g/mol. The third kappa shape index (κ3) is 7.51. The molecule has 0 spiro atoms. The highest BCUT2D eigenvalue weighted by Gasteiger charge is 2.26. The lowest BCUT2D eigenvalue weighted by Crippen LogP contribution is -2.42. The second kappa shape index (κ2) is 10.1. The van der Waals surface area contributed by atoms with E-state index in [1.54, 1.807) is 13.0 Å². The van der Waals surface area contributed by atoms with E-state index in [1.165, 1.54) is 6.08 Å². The van der Waals surface area contributed by atoms with Gasteiger partial charge in [-0.15, -0.1) is 0 Å². The number of phenolic OH excluding ortho intramolecular Hbond substituents is 1. The fourth-order valence-electron chi connectivity index (χ4n) is 3.22. The van der Waals surface area contributed by atoms with Gasteiger partial charge in [0.25, 0.3) is 0 Å². The van der Waals surface area contributed by atoms with E-state index in [0.717, 1.165) is 16.7 Å². The minimum atomic E-state index is -0.669. The van der Waals surface area contributed by atoms with E-state index in [1.807, 2.05) is 67.5 Å². The van der Waals surface area contributed by atoms with E-state index in [-0.39, 0.29) is 29.3 Å². The van der Waals surface area contributed by atoms with Crippen LogP contribution in [-0.4, -0.2) is 29.6 Å². The van der Waals surface area contributed by atoms with Crippen LogP contribution >= 0.6 is 0 Å². The van der Waals surface area contributed by atoms with Crippen LogP contribution in [0.3, 0.4) is 0 Å². The molecule has 168 valence electrons. The first kappa shape index (κ1) is 25.7. The molecule has 0 aliphatic rings. The van der Waals surface area contributed by atoms with Crippen LogP contribution in [0.25, 0.3) is 6.08 Å². The first-order valence-electron chi connectivity index (χ1n) is 10.7. The molecule has 1 rings (SSSR count). The van der Waals surface area contributed by atoms with E-state index in [2.05, 4.69) is 5.32 Å². The molecule has 0 aliphatic heterocycles. The summed E-state index contributed by atoms with van der Waals surface area (Å²) < 4.78 is 5.08. The zero-order valence-electron chi connectivity index (χ0n) is 20.1. The van der Waals surface area contributed by atoms with Gasteiger partial charge in [-0.05, 0) is 53.9 Å². The third-order valence-electron chi connectivity index (χ3n) is 4.77. The van der Waals surface area contributed by atoms with E-state index < -0.39 is 12.0 Å². The van der Waals surface area contributed by atoms with Crippen molar-refractivity contribution in [3.63, 3.8) is 0 Å². The van der Waals surface area contributed by atoms with Crippen molar-refractivity contribution in [1.29, 1.82) is 0 Å². The number of rotatable bonds is 7. The SMILES string of the molecule is CCOC(=O)[C@H](CC(C)C)NC(=O)/C=C/c1cc(C(C)(C)C)c(O)c(C(C)(C)C)c1. The van der Waals surface area contributed by atoms with Gasteiger partial charge >= 0.3 is 5.97 Å². The Morgan fingerprint density at radius 2 is 1.57 bits per heavy atom. The first-order valence-corrected chi connectivity index (χ1v) is 10.7. The average Bonchev–Trinajstić information content (AvgIpc) is 2.58. The molecular formula is C25H39NO4. The fourth-order valence-corrected chi connectivity index (χ4v) is 3.22. The number of carbonyl (C=O) groups is 2. The van der Waals surface area contributed by atoms with Crippen LogP contribution in [0.5, 0.6) is 5.75 Å². The van der Waals surface area contributed by atoms with Crippen LogP contribution in [0.4, 0.5) is 0 Å². The number of hydrogen-bond donors (Lipinski definition) is 2.